The smallest absolute Gasteiger partial charge is 0.335 e. The van der Waals surface area contributed by atoms with Crippen molar-refractivity contribution in [2.45, 2.75) is 6.92 Å². The number of H-pyrrole nitrogens is 1. The number of aromatic carboxylic acids is 1. The Kier molecular flexibility index (Phi) is 2.80. The summed E-state index contributed by atoms with van der Waals surface area (Å²) in [6, 6.07) is 4.73. The van der Waals surface area contributed by atoms with E-state index in [2.05, 4.69) is 15.4 Å². The van der Waals surface area contributed by atoms with E-state index in [9.17, 15) is 9.59 Å². The van der Waals surface area contributed by atoms with Gasteiger partial charge in [0.15, 0.2) is 5.69 Å². The maximum absolute atomic E-state index is 11.1. The summed E-state index contributed by atoms with van der Waals surface area (Å²) in [6.45, 7) is 1.69. The van der Waals surface area contributed by atoms with Crippen LogP contribution in [0.25, 0.3) is 11.3 Å². The van der Waals surface area contributed by atoms with E-state index in [4.69, 9.17) is 10.8 Å². The van der Waals surface area contributed by atoms with Crippen molar-refractivity contribution in [3.8, 4) is 11.3 Å². The molecule has 0 bridgehead atoms. The first-order chi connectivity index (χ1) is 8.50. The van der Waals surface area contributed by atoms with Gasteiger partial charge in [-0.15, -0.1) is 0 Å². The second-order valence-corrected chi connectivity index (χ2v) is 3.72. The first kappa shape index (κ1) is 11.8. The van der Waals surface area contributed by atoms with Gasteiger partial charge < -0.3 is 10.8 Å². The number of primary amides is 1. The van der Waals surface area contributed by atoms with Crippen molar-refractivity contribution < 1.29 is 14.7 Å². The number of hydrogen-bond acceptors (Lipinski definition) is 4. The van der Waals surface area contributed by atoms with E-state index in [0.29, 0.717) is 11.1 Å². The highest BCUT2D eigenvalue weighted by Crippen LogP contribution is 2.22. The highest BCUT2D eigenvalue weighted by atomic mass is 16.4. The van der Waals surface area contributed by atoms with Crippen LogP contribution in [0.1, 0.15) is 26.4 Å². The number of nitrogens with one attached hydrogen (secondary N) is 1. The van der Waals surface area contributed by atoms with Gasteiger partial charge in [0.25, 0.3) is 5.91 Å². The largest absolute Gasteiger partial charge is 0.478 e. The van der Waals surface area contributed by atoms with Crippen LogP contribution < -0.4 is 5.73 Å². The summed E-state index contributed by atoms with van der Waals surface area (Å²) in [5, 5.41) is 18.8. The van der Waals surface area contributed by atoms with Crippen LogP contribution in [-0.2, 0) is 0 Å². The Morgan fingerprint density at radius 1 is 1.33 bits per heavy atom. The van der Waals surface area contributed by atoms with E-state index in [1.165, 1.54) is 6.07 Å². The number of aromatic amines is 1. The van der Waals surface area contributed by atoms with Crippen molar-refractivity contribution in [1.29, 1.82) is 0 Å². The molecule has 2 aromatic rings. The fourth-order valence-electron chi connectivity index (χ4n) is 1.60. The number of carbonyl (C=O) groups excluding carboxylic acids is 1. The van der Waals surface area contributed by atoms with Gasteiger partial charge in [0.1, 0.15) is 5.69 Å². The first-order valence-corrected chi connectivity index (χ1v) is 5.05. The molecule has 4 N–H and O–H groups in total. The van der Waals surface area contributed by atoms with E-state index < -0.39 is 11.9 Å². The second kappa shape index (κ2) is 4.28. The molecule has 0 saturated carbocycles. The molecular weight excluding hydrogens is 236 g/mol. The molecule has 0 atom stereocenters. The number of rotatable bonds is 3. The van der Waals surface area contributed by atoms with Crippen LogP contribution in [0.2, 0.25) is 0 Å². The van der Waals surface area contributed by atoms with E-state index in [1.807, 2.05) is 0 Å². The summed E-state index contributed by atoms with van der Waals surface area (Å²) >= 11 is 0. The quantitative estimate of drug-likeness (QED) is 0.731. The van der Waals surface area contributed by atoms with Crippen molar-refractivity contribution >= 4 is 11.9 Å². The molecule has 2 rings (SSSR count). The Morgan fingerprint density at radius 3 is 2.67 bits per heavy atom. The van der Waals surface area contributed by atoms with Gasteiger partial charge in [0.2, 0.25) is 0 Å². The molecule has 0 aliphatic heterocycles. The third-order valence-corrected chi connectivity index (χ3v) is 2.52. The second-order valence-electron chi connectivity index (χ2n) is 3.72. The van der Waals surface area contributed by atoms with Gasteiger partial charge in [-0.1, -0.05) is 12.1 Å². The van der Waals surface area contributed by atoms with Gasteiger partial charge in [0, 0.05) is 5.56 Å². The summed E-state index contributed by atoms with van der Waals surface area (Å²) in [5.41, 5.74) is 6.61. The number of carbonyl (C=O) groups is 2. The van der Waals surface area contributed by atoms with Crippen molar-refractivity contribution in [2.24, 2.45) is 5.73 Å². The minimum Gasteiger partial charge on any atom is -0.478 e. The predicted octanol–water partition coefficient (Wildman–Crippen LogP) is 0.577. The fourth-order valence-corrected chi connectivity index (χ4v) is 1.60. The molecule has 0 saturated heterocycles. The fraction of sp³-hybridized carbons (Fsp3) is 0.0909. The van der Waals surface area contributed by atoms with Crippen molar-refractivity contribution in [3.63, 3.8) is 0 Å². The zero-order valence-electron chi connectivity index (χ0n) is 9.47. The number of nitrogens with two attached hydrogens (primary N) is 1. The number of carboxylic acids is 1. The zero-order valence-corrected chi connectivity index (χ0v) is 9.47. The Labute approximate surface area is 102 Å². The lowest BCUT2D eigenvalue weighted by Crippen LogP contribution is -2.13. The Hall–Kier alpha value is -2.70. The molecule has 1 aromatic heterocycles. The van der Waals surface area contributed by atoms with Crippen molar-refractivity contribution in [3.05, 3.63) is 35.0 Å². The van der Waals surface area contributed by atoms with E-state index in [0.717, 1.165) is 0 Å². The first-order valence-electron chi connectivity index (χ1n) is 5.05. The van der Waals surface area contributed by atoms with Crippen LogP contribution in [-0.4, -0.2) is 32.4 Å². The molecular formula is C11H10N4O3. The van der Waals surface area contributed by atoms with Gasteiger partial charge in [-0.3, -0.25) is 4.79 Å². The van der Waals surface area contributed by atoms with E-state index in [-0.39, 0.29) is 17.0 Å². The molecule has 1 amide bonds. The molecule has 7 nitrogen and oxygen atoms in total. The van der Waals surface area contributed by atoms with Gasteiger partial charge in [-0.25, -0.2) is 4.79 Å². The number of carboxylic acid groups (broad SMARTS) is 1. The van der Waals surface area contributed by atoms with Crippen LogP contribution in [0.4, 0.5) is 0 Å². The zero-order chi connectivity index (χ0) is 13.3. The molecule has 0 radical (unpaired) electrons. The monoisotopic (exact) mass is 246 g/mol. The summed E-state index contributed by atoms with van der Waals surface area (Å²) in [6.07, 6.45) is 0. The molecule has 0 unspecified atom stereocenters. The lowest BCUT2D eigenvalue weighted by molar-refractivity contribution is 0.0696. The molecule has 1 heterocycles. The molecule has 0 aliphatic rings. The SMILES string of the molecule is Cc1ccc(-c2n[nH]nc2C(N)=O)cc1C(=O)O. The molecule has 0 spiro atoms. The topological polar surface area (TPSA) is 122 Å². The normalized spacial score (nSPS) is 10.3. The number of hydrogen-bond donors (Lipinski definition) is 3. The maximum atomic E-state index is 11.1. The van der Waals surface area contributed by atoms with Crippen LogP contribution in [0, 0.1) is 6.92 Å². The third-order valence-electron chi connectivity index (χ3n) is 2.52. The summed E-state index contributed by atoms with van der Waals surface area (Å²) < 4.78 is 0. The lowest BCUT2D eigenvalue weighted by atomic mass is 10.0. The number of benzene rings is 1. The molecule has 0 fully saturated rings. The van der Waals surface area contributed by atoms with E-state index >= 15 is 0 Å². The van der Waals surface area contributed by atoms with Crippen molar-refractivity contribution in [1.82, 2.24) is 15.4 Å². The van der Waals surface area contributed by atoms with Crippen molar-refractivity contribution in [2.75, 3.05) is 0 Å². The minimum atomic E-state index is -1.04. The highest BCUT2D eigenvalue weighted by molar-refractivity contribution is 5.97. The van der Waals surface area contributed by atoms with Gasteiger partial charge in [-0.2, -0.15) is 15.4 Å². The number of nitrogens with zero attached hydrogens (tertiary/aromatic N) is 2. The summed E-state index contributed by atoms with van der Waals surface area (Å²) in [7, 11) is 0. The molecule has 92 valence electrons. The lowest BCUT2D eigenvalue weighted by Gasteiger charge is -2.03. The average Bonchev–Trinajstić information content (AvgIpc) is 2.78. The number of amides is 1. The average molecular weight is 246 g/mol. The summed E-state index contributed by atoms with van der Waals surface area (Å²) in [4.78, 5) is 22.2. The van der Waals surface area contributed by atoms with Crippen LogP contribution in [0.3, 0.4) is 0 Å². The Morgan fingerprint density at radius 2 is 2.06 bits per heavy atom. The maximum Gasteiger partial charge on any atom is 0.335 e. The van der Waals surface area contributed by atoms with Gasteiger partial charge >= 0.3 is 5.97 Å². The standard InChI is InChI=1S/C11H10N4O3/c1-5-2-3-6(4-7(5)11(17)18)8-9(10(12)16)14-15-13-8/h2-4H,1H3,(H2,12,16)(H,17,18)(H,13,14,15). The highest BCUT2D eigenvalue weighted by Gasteiger charge is 2.17. The third kappa shape index (κ3) is 1.93. The Bertz CT molecular complexity index is 633. The molecule has 7 heteroatoms. The summed E-state index contributed by atoms with van der Waals surface area (Å²) in [5.74, 6) is -1.77. The number of aromatic nitrogens is 3. The van der Waals surface area contributed by atoms with Crippen LogP contribution >= 0.6 is 0 Å². The Balaban J connectivity index is 2.58. The number of aryl methyl sites for hydroxylation is 1. The van der Waals surface area contributed by atoms with E-state index in [1.54, 1.807) is 19.1 Å². The van der Waals surface area contributed by atoms with Gasteiger partial charge in [0.05, 0.1) is 5.56 Å². The molecule has 1 aromatic carbocycles. The van der Waals surface area contributed by atoms with Gasteiger partial charge in [-0.05, 0) is 18.6 Å². The molecule has 0 aliphatic carbocycles. The van der Waals surface area contributed by atoms with Crippen LogP contribution in [0.15, 0.2) is 18.2 Å². The molecule has 18 heavy (non-hydrogen) atoms. The minimum absolute atomic E-state index is 0.0183. The predicted molar refractivity (Wildman–Crippen MR) is 62.0 cm³/mol. The van der Waals surface area contributed by atoms with Crippen LogP contribution in [0.5, 0.6) is 0 Å².